The molecule has 0 saturated heterocycles. The molecule has 1 fully saturated rings. The third-order valence-electron chi connectivity index (χ3n) is 13.2. The second-order valence-corrected chi connectivity index (χ2v) is 22.7. The molecular formula is C51H82N6O2+2. The molecule has 2 aromatic carbocycles. The molecule has 2 atom stereocenters. The minimum Gasteiger partial charge on any atom is -0.507 e. The van der Waals surface area contributed by atoms with Gasteiger partial charge in [-0.1, -0.05) is 95.2 Å². The Labute approximate surface area is 359 Å². The molecule has 2 N–H and O–H groups in total. The van der Waals surface area contributed by atoms with E-state index in [0.29, 0.717) is 11.5 Å². The number of nitrogens with zero attached hydrogens (tertiary/aromatic N) is 6. The fourth-order valence-electron chi connectivity index (χ4n) is 9.28. The fraction of sp³-hybridized carbons (Fsp3) is 0.686. The number of aliphatic imine (C=N–C) groups is 2. The molecule has 0 aromatic heterocycles. The molecule has 0 bridgehead atoms. The Bertz CT molecular complexity index is 1760. The Morgan fingerprint density at radius 2 is 0.966 bits per heavy atom. The van der Waals surface area contributed by atoms with E-state index in [-0.39, 0.29) is 39.2 Å². The van der Waals surface area contributed by atoms with E-state index in [4.69, 9.17) is 9.98 Å². The first-order chi connectivity index (χ1) is 27.3. The van der Waals surface area contributed by atoms with Crippen molar-refractivity contribution in [3.8, 4) is 11.5 Å². The molecule has 2 heterocycles. The topological polar surface area (TPSA) is 77.7 Å². The zero-order valence-corrected chi connectivity index (χ0v) is 39.8. The van der Waals surface area contributed by atoms with Crippen molar-refractivity contribution < 1.29 is 19.4 Å². The number of aromatic hydroxyl groups is 2. The van der Waals surface area contributed by atoms with Crippen LogP contribution in [0.5, 0.6) is 11.5 Å². The maximum atomic E-state index is 11.8. The Morgan fingerprint density at radius 3 is 1.27 bits per heavy atom. The van der Waals surface area contributed by atoms with Crippen LogP contribution >= 0.6 is 0 Å². The number of hydrogen-bond donors (Lipinski definition) is 2. The number of phenolic OH excluding ortho intramolecular Hbond substituents is 2. The van der Waals surface area contributed by atoms with Crippen molar-refractivity contribution in [1.82, 2.24) is 9.80 Å². The predicted octanol–water partition coefficient (Wildman–Crippen LogP) is 9.66. The molecule has 0 spiro atoms. The zero-order valence-electron chi connectivity index (χ0n) is 39.8. The van der Waals surface area contributed by atoms with Crippen LogP contribution in [0.3, 0.4) is 0 Å². The Morgan fingerprint density at radius 1 is 0.593 bits per heavy atom. The highest BCUT2D eigenvalue weighted by atomic mass is 16.3. The lowest BCUT2D eigenvalue weighted by molar-refractivity contribution is -0.482. The summed E-state index contributed by atoms with van der Waals surface area (Å²) in [7, 11) is 4.33. The fourth-order valence-corrected chi connectivity index (χ4v) is 9.28. The van der Waals surface area contributed by atoms with Gasteiger partial charge >= 0.3 is 0 Å². The van der Waals surface area contributed by atoms with Gasteiger partial charge in [0, 0.05) is 34.7 Å². The molecule has 0 radical (unpaired) electrons. The normalized spacial score (nSPS) is 20.4. The van der Waals surface area contributed by atoms with Crippen molar-refractivity contribution in [2.75, 3.05) is 53.4 Å². The quantitative estimate of drug-likeness (QED) is 0.113. The SMILES string of the molecule is C[N+]1=CN(CCCCC2(CCCCN3C=[N+](C)CC3)CC(N=Cc3cc(C(C)(C)C)cc(C(C)(C)C)c3O)C(N=Cc3cc(C(C)(C)C)cc(C(C)(C)C)c3O)C2)CC1. The van der Waals surface area contributed by atoms with Gasteiger partial charge in [0.05, 0.1) is 39.3 Å². The summed E-state index contributed by atoms with van der Waals surface area (Å²) in [6.07, 6.45) is 17.4. The van der Waals surface area contributed by atoms with Gasteiger partial charge in [0.2, 0.25) is 12.7 Å². The summed E-state index contributed by atoms with van der Waals surface area (Å²) in [4.78, 5) is 15.8. The van der Waals surface area contributed by atoms with Crippen molar-refractivity contribution in [1.29, 1.82) is 0 Å². The van der Waals surface area contributed by atoms with Crippen LogP contribution in [0.25, 0.3) is 0 Å². The van der Waals surface area contributed by atoms with Gasteiger partial charge in [-0.05, 0) is 102 Å². The lowest BCUT2D eigenvalue weighted by Crippen LogP contribution is -2.23. The van der Waals surface area contributed by atoms with Crippen molar-refractivity contribution in [2.24, 2.45) is 15.4 Å². The third kappa shape index (κ3) is 12.2. The summed E-state index contributed by atoms with van der Waals surface area (Å²) in [5.41, 5.74) is 5.38. The van der Waals surface area contributed by atoms with Gasteiger partial charge < -0.3 is 10.2 Å². The molecule has 2 aromatic rings. The van der Waals surface area contributed by atoms with E-state index in [2.05, 4.69) is 153 Å². The summed E-state index contributed by atoms with van der Waals surface area (Å²) < 4.78 is 4.58. The number of hydrogen-bond acceptors (Lipinski definition) is 6. The molecular weight excluding hydrogens is 729 g/mol. The minimum absolute atomic E-state index is 0.0433. The van der Waals surface area contributed by atoms with Crippen LogP contribution < -0.4 is 0 Å². The first-order valence-corrected chi connectivity index (χ1v) is 22.8. The molecule has 0 amide bonds. The second kappa shape index (κ2) is 18.1. The summed E-state index contributed by atoms with van der Waals surface area (Å²) in [5, 5.41) is 23.5. The van der Waals surface area contributed by atoms with Crippen LogP contribution in [-0.2, 0) is 21.7 Å². The smallest absolute Gasteiger partial charge is 0.234 e. The summed E-state index contributed by atoms with van der Waals surface area (Å²) in [6, 6.07) is 8.55. The van der Waals surface area contributed by atoms with E-state index in [1.54, 1.807) is 0 Å². The highest BCUT2D eigenvalue weighted by Crippen LogP contribution is 2.49. The van der Waals surface area contributed by atoms with E-state index < -0.39 is 0 Å². The first kappa shape index (κ1) is 46.4. The van der Waals surface area contributed by atoms with Crippen molar-refractivity contribution in [3.05, 3.63) is 57.6 Å². The molecule has 2 aliphatic heterocycles. The Hall–Kier alpha value is -3.68. The monoisotopic (exact) mass is 811 g/mol. The second-order valence-electron chi connectivity index (χ2n) is 22.7. The average Bonchev–Trinajstić information content (AvgIpc) is 3.83. The summed E-state index contributed by atoms with van der Waals surface area (Å²) >= 11 is 0. The predicted molar refractivity (Wildman–Crippen MR) is 251 cm³/mol. The van der Waals surface area contributed by atoms with Crippen molar-refractivity contribution >= 4 is 25.1 Å². The molecule has 2 unspecified atom stereocenters. The van der Waals surface area contributed by atoms with Crippen molar-refractivity contribution in [3.63, 3.8) is 0 Å². The van der Waals surface area contributed by atoms with Gasteiger partial charge in [-0.2, -0.15) is 0 Å². The number of likely N-dealkylation sites (N-methyl/N-ethyl adjacent to an activating group) is 2. The van der Waals surface area contributed by atoms with Crippen LogP contribution in [0.2, 0.25) is 0 Å². The Balaban J connectivity index is 1.52. The van der Waals surface area contributed by atoms with Crippen molar-refractivity contribution in [2.45, 2.75) is 168 Å². The van der Waals surface area contributed by atoms with Crippen LogP contribution in [0.15, 0.2) is 34.3 Å². The maximum absolute atomic E-state index is 11.8. The van der Waals surface area contributed by atoms with Crippen LogP contribution in [-0.4, -0.2) is 120 Å². The molecule has 1 aliphatic carbocycles. The molecule has 326 valence electrons. The standard InChI is InChI=1S/C51H80N6O2/c1-47(2,3)39-27-37(45(58)41(29-39)49(7,8)9)33-52-43-31-51(19-15-17-21-56-25-23-54(13)35-56,20-16-18-22-57-26-24-55(14)36-57)32-44(43)53-34-38-28-40(48(4,5)6)30-42(46(38)59)50(10,11)12/h27-30,33-36,43-44H,15-26,31-32H2,1-14H3/p+2. The maximum Gasteiger partial charge on any atom is 0.234 e. The van der Waals surface area contributed by atoms with Crippen LogP contribution in [0.4, 0.5) is 0 Å². The van der Waals surface area contributed by atoms with Crippen LogP contribution in [0, 0.1) is 5.41 Å². The van der Waals surface area contributed by atoms with Gasteiger partial charge in [-0.25, -0.2) is 0 Å². The zero-order chi connectivity index (χ0) is 43.6. The van der Waals surface area contributed by atoms with Gasteiger partial charge in [-0.3, -0.25) is 28.9 Å². The highest BCUT2D eigenvalue weighted by molar-refractivity contribution is 5.86. The van der Waals surface area contributed by atoms with Gasteiger partial charge in [0.15, 0.2) is 0 Å². The molecule has 8 nitrogen and oxygen atoms in total. The molecule has 1 saturated carbocycles. The van der Waals surface area contributed by atoms with Gasteiger partial charge in [0.1, 0.15) is 37.7 Å². The van der Waals surface area contributed by atoms with Gasteiger partial charge in [-0.15, -0.1) is 0 Å². The lowest BCUT2D eigenvalue weighted by Gasteiger charge is -2.29. The number of benzene rings is 2. The summed E-state index contributed by atoms with van der Waals surface area (Å²) in [5.74, 6) is 0.650. The molecule has 59 heavy (non-hydrogen) atoms. The van der Waals surface area contributed by atoms with E-state index >= 15 is 0 Å². The van der Waals surface area contributed by atoms with E-state index in [0.717, 1.165) is 87.2 Å². The largest absolute Gasteiger partial charge is 0.507 e. The molecule has 5 rings (SSSR count). The lowest BCUT2D eigenvalue weighted by atomic mass is 9.76. The third-order valence-corrected chi connectivity index (χ3v) is 13.2. The highest BCUT2D eigenvalue weighted by Gasteiger charge is 2.44. The van der Waals surface area contributed by atoms with E-state index in [1.165, 1.54) is 36.8 Å². The minimum atomic E-state index is -0.219. The van der Waals surface area contributed by atoms with E-state index in [9.17, 15) is 10.2 Å². The van der Waals surface area contributed by atoms with Gasteiger partial charge in [0.25, 0.3) is 0 Å². The number of rotatable bonds is 14. The van der Waals surface area contributed by atoms with Crippen LogP contribution in [0.1, 0.15) is 168 Å². The average molecular weight is 811 g/mol. The Kier molecular flexibility index (Phi) is 14.2. The van der Waals surface area contributed by atoms with E-state index in [1.807, 2.05) is 12.4 Å². The first-order valence-electron chi connectivity index (χ1n) is 22.8. The number of phenols is 2. The molecule has 8 heteroatoms. The molecule has 3 aliphatic rings. The summed E-state index contributed by atoms with van der Waals surface area (Å²) in [6.45, 7) is 33.0. The number of unbranched alkanes of at least 4 members (excludes halogenated alkanes) is 2.